The summed E-state index contributed by atoms with van der Waals surface area (Å²) in [6, 6.07) is 16.1. The summed E-state index contributed by atoms with van der Waals surface area (Å²) >= 11 is 0. The maximum Gasteiger partial charge on any atom is 0.573 e. The van der Waals surface area contributed by atoms with Crippen molar-refractivity contribution in [2.75, 3.05) is 16.8 Å². The van der Waals surface area contributed by atoms with Gasteiger partial charge in [-0.1, -0.05) is 24.3 Å². The van der Waals surface area contributed by atoms with Gasteiger partial charge in [0.05, 0.1) is 0 Å². The Morgan fingerprint density at radius 2 is 1.79 bits per heavy atom. The second-order valence-electron chi connectivity index (χ2n) is 6.80. The smallest absolute Gasteiger partial charge is 0.406 e. The van der Waals surface area contributed by atoms with E-state index in [4.69, 9.17) is 0 Å². The Balaban J connectivity index is 1.53. The fraction of sp³-hybridized carbons (Fsp3) is 0.238. The van der Waals surface area contributed by atoms with E-state index in [2.05, 4.69) is 24.9 Å². The number of hydrogen-bond donors (Lipinski definition) is 1. The van der Waals surface area contributed by atoms with Gasteiger partial charge in [-0.15, -0.1) is 13.2 Å². The molecule has 0 radical (unpaired) electrons. The molecule has 0 amide bonds. The molecule has 2 heterocycles. The van der Waals surface area contributed by atoms with E-state index in [0.717, 1.165) is 22.6 Å². The van der Waals surface area contributed by atoms with Crippen LogP contribution in [0, 0.1) is 6.92 Å². The second kappa shape index (κ2) is 7.62. The Kier molecular flexibility index (Phi) is 5.00. The van der Waals surface area contributed by atoms with Gasteiger partial charge in [0.1, 0.15) is 23.2 Å². The molecule has 2 aromatic carbocycles. The normalized spacial score (nSPS) is 13.7. The number of benzene rings is 2. The highest BCUT2D eigenvalue weighted by Gasteiger charge is 2.31. The molecule has 4 rings (SSSR count). The van der Waals surface area contributed by atoms with Gasteiger partial charge in [0.15, 0.2) is 0 Å². The Morgan fingerprint density at radius 1 is 1.00 bits per heavy atom. The summed E-state index contributed by atoms with van der Waals surface area (Å²) in [7, 11) is 0. The highest BCUT2D eigenvalue weighted by Crippen LogP contribution is 2.30. The van der Waals surface area contributed by atoms with Gasteiger partial charge in [0.25, 0.3) is 0 Å². The van der Waals surface area contributed by atoms with Crippen molar-refractivity contribution in [1.82, 2.24) is 9.97 Å². The fourth-order valence-corrected chi connectivity index (χ4v) is 3.37. The van der Waals surface area contributed by atoms with Gasteiger partial charge < -0.3 is 15.0 Å². The average Bonchev–Trinajstić information content (AvgIpc) is 2.66. The zero-order valence-electron chi connectivity index (χ0n) is 15.7. The average molecular weight is 400 g/mol. The maximum absolute atomic E-state index is 12.4. The number of alkyl halides is 3. The molecular formula is C21H19F3N4O. The molecule has 29 heavy (non-hydrogen) atoms. The van der Waals surface area contributed by atoms with Gasteiger partial charge in [-0.05, 0) is 48.7 Å². The Morgan fingerprint density at radius 3 is 2.55 bits per heavy atom. The highest BCUT2D eigenvalue weighted by molar-refractivity contribution is 5.60. The van der Waals surface area contributed by atoms with E-state index in [-0.39, 0.29) is 5.75 Å². The zero-order chi connectivity index (χ0) is 20.4. The molecule has 0 spiro atoms. The molecule has 5 nitrogen and oxygen atoms in total. The van der Waals surface area contributed by atoms with Crippen LogP contribution in [0.25, 0.3) is 0 Å². The van der Waals surface area contributed by atoms with Gasteiger partial charge in [-0.2, -0.15) is 0 Å². The minimum Gasteiger partial charge on any atom is -0.406 e. The number of nitrogens with zero attached hydrogens (tertiary/aromatic N) is 3. The van der Waals surface area contributed by atoms with Crippen LogP contribution in [0.1, 0.15) is 17.0 Å². The van der Waals surface area contributed by atoms with E-state index in [1.165, 1.54) is 12.1 Å². The molecular weight excluding hydrogens is 381 g/mol. The van der Waals surface area contributed by atoms with Gasteiger partial charge in [0, 0.05) is 24.8 Å². The number of anilines is 3. The van der Waals surface area contributed by atoms with Crippen LogP contribution in [0.4, 0.5) is 30.5 Å². The minimum absolute atomic E-state index is 0.183. The minimum atomic E-state index is -4.68. The third kappa shape index (κ3) is 4.77. The fourth-order valence-electron chi connectivity index (χ4n) is 3.37. The lowest BCUT2D eigenvalue weighted by Gasteiger charge is -2.30. The summed E-state index contributed by atoms with van der Waals surface area (Å²) in [6.07, 6.45) is -4.08. The first-order chi connectivity index (χ1) is 13.9. The van der Waals surface area contributed by atoms with E-state index in [0.29, 0.717) is 31.2 Å². The van der Waals surface area contributed by atoms with Crippen molar-refractivity contribution >= 4 is 17.3 Å². The van der Waals surface area contributed by atoms with Crippen LogP contribution in [0.2, 0.25) is 0 Å². The van der Waals surface area contributed by atoms with Crippen LogP contribution >= 0.6 is 0 Å². The van der Waals surface area contributed by atoms with Crippen molar-refractivity contribution in [1.29, 1.82) is 0 Å². The molecule has 0 bridgehead atoms. The third-order valence-electron chi connectivity index (χ3n) is 4.62. The monoisotopic (exact) mass is 400 g/mol. The summed E-state index contributed by atoms with van der Waals surface area (Å²) in [4.78, 5) is 11.1. The number of halogens is 3. The van der Waals surface area contributed by atoms with Crippen molar-refractivity contribution in [3.05, 3.63) is 71.5 Å². The maximum atomic E-state index is 12.4. The number of ether oxygens (including phenoxy) is 1. The quantitative estimate of drug-likeness (QED) is 0.669. The summed E-state index contributed by atoms with van der Waals surface area (Å²) < 4.78 is 41.3. The van der Waals surface area contributed by atoms with E-state index >= 15 is 0 Å². The zero-order valence-corrected chi connectivity index (χ0v) is 15.7. The summed E-state index contributed by atoms with van der Waals surface area (Å²) in [5, 5.41) is 3.27. The number of aryl methyl sites for hydroxylation is 1. The number of nitrogens with one attached hydrogen (secondary N) is 1. The van der Waals surface area contributed by atoms with Crippen molar-refractivity contribution < 1.29 is 17.9 Å². The lowest BCUT2D eigenvalue weighted by molar-refractivity contribution is -0.274. The largest absolute Gasteiger partial charge is 0.573 e. The lowest BCUT2D eigenvalue weighted by Crippen LogP contribution is -2.31. The van der Waals surface area contributed by atoms with Gasteiger partial charge in [-0.3, -0.25) is 0 Å². The van der Waals surface area contributed by atoms with Crippen molar-refractivity contribution in [2.24, 2.45) is 0 Å². The van der Waals surface area contributed by atoms with Crippen LogP contribution in [0.15, 0.2) is 54.6 Å². The Labute approximate surface area is 166 Å². The van der Waals surface area contributed by atoms with Crippen molar-refractivity contribution in [3.8, 4) is 5.75 Å². The summed E-state index contributed by atoms with van der Waals surface area (Å²) in [5.74, 6) is 1.92. The van der Waals surface area contributed by atoms with Crippen LogP contribution in [0.5, 0.6) is 5.75 Å². The topological polar surface area (TPSA) is 50.3 Å². The molecule has 1 aliphatic rings. The molecule has 0 aliphatic carbocycles. The van der Waals surface area contributed by atoms with Crippen LogP contribution in [-0.2, 0) is 13.0 Å². The molecule has 150 valence electrons. The number of fused-ring (bicyclic) bond motifs is 1. The molecule has 1 aliphatic heterocycles. The van der Waals surface area contributed by atoms with E-state index < -0.39 is 6.36 Å². The molecule has 0 atom stereocenters. The standard InChI is InChI=1S/C21H19F3N4O/c1-14-25-19(27-17-5-3-2-4-6-17)12-20(26-14)28-10-9-15-11-18(29-21(22,23)24)8-7-16(15)13-28/h2-8,11-12H,9-10,13H2,1H3,(H,25,26,27). The van der Waals surface area contributed by atoms with Crippen LogP contribution in [0.3, 0.4) is 0 Å². The van der Waals surface area contributed by atoms with Gasteiger partial charge in [-0.25, -0.2) is 9.97 Å². The first kappa shape index (κ1) is 19.0. The molecule has 0 unspecified atom stereocenters. The third-order valence-corrected chi connectivity index (χ3v) is 4.62. The van der Waals surface area contributed by atoms with Crippen molar-refractivity contribution in [2.45, 2.75) is 26.3 Å². The number of rotatable bonds is 4. The summed E-state index contributed by atoms with van der Waals surface area (Å²) in [5.41, 5.74) is 2.74. The van der Waals surface area contributed by atoms with Gasteiger partial charge >= 0.3 is 6.36 Å². The Hall–Kier alpha value is -3.29. The molecule has 0 saturated heterocycles. The predicted molar refractivity (Wildman–Crippen MR) is 104 cm³/mol. The molecule has 3 aromatic rings. The molecule has 1 N–H and O–H groups in total. The second-order valence-corrected chi connectivity index (χ2v) is 6.80. The van der Waals surface area contributed by atoms with Crippen LogP contribution in [-0.4, -0.2) is 22.9 Å². The molecule has 1 aromatic heterocycles. The SMILES string of the molecule is Cc1nc(Nc2ccccc2)cc(N2CCc3cc(OC(F)(F)F)ccc3C2)n1. The number of aromatic nitrogens is 2. The Bertz CT molecular complexity index is 1010. The predicted octanol–water partition coefficient (Wildman–Crippen LogP) is 4.99. The molecule has 0 saturated carbocycles. The molecule has 0 fully saturated rings. The summed E-state index contributed by atoms with van der Waals surface area (Å²) in [6.45, 7) is 3.03. The van der Waals surface area contributed by atoms with Gasteiger partial charge in [0.2, 0.25) is 0 Å². The van der Waals surface area contributed by atoms with Crippen LogP contribution < -0.4 is 15.0 Å². The van der Waals surface area contributed by atoms with E-state index in [1.807, 2.05) is 43.3 Å². The van der Waals surface area contributed by atoms with Crippen molar-refractivity contribution in [3.63, 3.8) is 0 Å². The lowest BCUT2D eigenvalue weighted by atomic mass is 9.99. The highest BCUT2D eigenvalue weighted by atomic mass is 19.4. The number of hydrogen-bond acceptors (Lipinski definition) is 5. The molecule has 8 heteroatoms. The van der Waals surface area contributed by atoms with E-state index in [1.54, 1.807) is 6.07 Å². The first-order valence-corrected chi connectivity index (χ1v) is 9.16. The van der Waals surface area contributed by atoms with E-state index in [9.17, 15) is 13.2 Å². The number of para-hydroxylation sites is 1. The first-order valence-electron chi connectivity index (χ1n) is 9.16.